The fourth-order valence-electron chi connectivity index (χ4n) is 3.61. The van der Waals surface area contributed by atoms with Gasteiger partial charge in [-0.25, -0.2) is 4.68 Å². The summed E-state index contributed by atoms with van der Waals surface area (Å²) < 4.78 is 6.97. The predicted octanol–water partition coefficient (Wildman–Crippen LogP) is 4.67. The number of nitrogens with zero attached hydrogens (tertiary/aromatic N) is 3. The Kier molecular flexibility index (Phi) is 7.67. The highest BCUT2D eigenvalue weighted by molar-refractivity contribution is 6.31. The van der Waals surface area contributed by atoms with E-state index in [1.807, 2.05) is 31.2 Å². The van der Waals surface area contributed by atoms with Gasteiger partial charge in [0.05, 0.1) is 25.5 Å². The van der Waals surface area contributed by atoms with Gasteiger partial charge >= 0.3 is 0 Å². The van der Waals surface area contributed by atoms with Crippen molar-refractivity contribution in [1.82, 2.24) is 14.7 Å². The average Bonchev–Trinajstić information content (AvgIpc) is 3.11. The number of morpholine rings is 1. The first-order valence-electron chi connectivity index (χ1n) is 10.8. The number of carbonyl (C=O) groups is 2. The number of ether oxygens (including phenoxy) is 1. The minimum Gasteiger partial charge on any atom is -0.378 e. The Balaban J connectivity index is 1.37. The van der Waals surface area contributed by atoms with Gasteiger partial charge in [-0.15, -0.1) is 0 Å². The molecule has 34 heavy (non-hydrogen) atoms. The third-order valence-electron chi connectivity index (χ3n) is 5.45. The second kappa shape index (κ2) is 10.9. The molecule has 0 atom stereocenters. The van der Waals surface area contributed by atoms with Crippen molar-refractivity contribution >= 4 is 46.8 Å². The molecule has 0 aliphatic carbocycles. The van der Waals surface area contributed by atoms with Crippen LogP contribution in [0.2, 0.25) is 10.2 Å². The first-order valence-corrected chi connectivity index (χ1v) is 11.6. The van der Waals surface area contributed by atoms with Crippen molar-refractivity contribution in [3.63, 3.8) is 0 Å². The van der Waals surface area contributed by atoms with Gasteiger partial charge in [0.25, 0.3) is 5.91 Å². The van der Waals surface area contributed by atoms with Crippen LogP contribution >= 0.6 is 23.2 Å². The second-order valence-electron chi connectivity index (χ2n) is 7.88. The van der Waals surface area contributed by atoms with Crippen LogP contribution in [0.5, 0.6) is 0 Å². The third kappa shape index (κ3) is 5.86. The van der Waals surface area contributed by atoms with E-state index in [9.17, 15) is 9.59 Å². The topological polar surface area (TPSA) is 76.5 Å². The molecule has 3 aromatic rings. The van der Waals surface area contributed by atoms with E-state index < -0.39 is 0 Å². The molecule has 9 heteroatoms. The lowest BCUT2D eigenvalue weighted by molar-refractivity contribution is -0.111. The number of anilines is 1. The molecule has 2 aromatic carbocycles. The van der Waals surface area contributed by atoms with Gasteiger partial charge in [-0.3, -0.25) is 9.59 Å². The van der Waals surface area contributed by atoms with E-state index in [2.05, 4.69) is 10.4 Å². The zero-order chi connectivity index (χ0) is 24.1. The Morgan fingerprint density at radius 2 is 1.74 bits per heavy atom. The van der Waals surface area contributed by atoms with E-state index in [1.54, 1.807) is 39.9 Å². The smallest absolute Gasteiger partial charge is 0.254 e. The van der Waals surface area contributed by atoms with Crippen molar-refractivity contribution in [3.8, 4) is 0 Å². The molecule has 1 aliphatic rings. The molecule has 1 aromatic heterocycles. The number of aromatic nitrogens is 2. The molecule has 2 heterocycles. The van der Waals surface area contributed by atoms with Gasteiger partial charge < -0.3 is 15.0 Å². The lowest BCUT2D eigenvalue weighted by Crippen LogP contribution is -2.40. The highest BCUT2D eigenvalue weighted by Gasteiger charge is 2.18. The van der Waals surface area contributed by atoms with Crippen LogP contribution in [0.25, 0.3) is 6.08 Å². The summed E-state index contributed by atoms with van der Waals surface area (Å²) in [5, 5.41) is 8.39. The SMILES string of the molecule is Cc1nn(Cc2ccc(Cl)cc2)c(Cl)c1/C=C/C(=O)Nc1ccc(C(=O)N2CCOCC2)cc1. The van der Waals surface area contributed by atoms with Crippen LogP contribution in [0.1, 0.15) is 27.2 Å². The molecule has 0 radical (unpaired) electrons. The zero-order valence-corrected chi connectivity index (χ0v) is 20.1. The first-order chi connectivity index (χ1) is 16.4. The van der Waals surface area contributed by atoms with Crippen molar-refractivity contribution in [3.05, 3.63) is 87.2 Å². The summed E-state index contributed by atoms with van der Waals surface area (Å²) in [6, 6.07) is 14.3. The number of nitrogens with one attached hydrogen (secondary N) is 1. The number of rotatable bonds is 6. The fraction of sp³-hybridized carbons (Fsp3) is 0.240. The van der Waals surface area contributed by atoms with Crippen LogP contribution in [0.4, 0.5) is 5.69 Å². The maximum absolute atomic E-state index is 12.5. The molecule has 1 N–H and O–H groups in total. The van der Waals surface area contributed by atoms with Gasteiger partial charge in [-0.05, 0) is 55.0 Å². The highest BCUT2D eigenvalue weighted by atomic mass is 35.5. The molecule has 4 rings (SSSR count). The number of amides is 2. The molecule has 0 bridgehead atoms. The summed E-state index contributed by atoms with van der Waals surface area (Å²) in [5.41, 5.74) is 3.57. The zero-order valence-electron chi connectivity index (χ0n) is 18.6. The Hall–Kier alpha value is -3.13. The quantitative estimate of drug-likeness (QED) is 0.501. The summed E-state index contributed by atoms with van der Waals surface area (Å²) in [5.74, 6) is -0.352. The van der Waals surface area contributed by atoms with Crippen LogP contribution < -0.4 is 5.32 Å². The largest absolute Gasteiger partial charge is 0.378 e. The van der Waals surface area contributed by atoms with Gasteiger partial charge in [-0.2, -0.15) is 5.10 Å². The van der Waals surface area contributed by atoms with E-state index in [4.69, 9.17) is 27.9 Å². The Morgan fingerprint density at radius 3 is 2.41 bits per heavy atom. The minimum absolute atomic E-state index is 0.0400. The first kappa shape index (κ1) is 24.0. The van der Waals surface area contributed by atoms with Gasteiger partial charge in [0.2, 0.25) is 5.91 Å². The Bertz CT molecular complexity index is 1200. The van der Waals surface area contributed by atoms with Crippen LogP contribution in [-0.2, 0) is 16.1 Å². The molecule has 0 unspecified atom stereocenters. The standard InChI is InChI=1S/C25H24Cl2N4O3/c1-17-22(24(27)31(29-17)16-18-2-6-20(26)7-3-18)10-11-23(32)28-21-8-4-19(5-9-21)25(33)30-12-14-34-15-13-30/h2-11H,12-16H2,1H3,(H,28,32)/b11-10+. The van der Waals surface area contributed by atoms with Crippen molar-refractivity contribution < 1.29 is 14.3 Å². The normalized spacial score (nSPS) is 13.9. The van der Waals surface area contributed by atoms with E-state index >= 15 is 0 Å². The monoisotopic (exact) mass is 498 g/mol. The Labute approximate surface area is 207 Å². The minimum atomic E-state index is -0.312. The van der Waals surface area contributed by atoms with Gasteiger partial charge in [-0.1, -0.05) is 35.3 Å². The molecule has 7 nitrogen and oxygen atoms in total. The lowest BCUT2D eigenvalue weighted by Gasteiger charge is -2.26. The van der Waals surface area contributed by atoms with Crippen LogP contribution in [0, 0.1) is 6.92 Å². The van der Waals surface area contributed by atoms with Crippen molar-refractivity contribution in [2.75, 3.05) is 31.6 Å². The molecule has 0 saturated carbocycles. The van der Waals surface area contributed by atoms with E-state index in [-0.39, 0.29) is 11.8 Å². The maximum Gasteiger partial charge on any atom is 0.254 e. The van der Waals surface area contributed by atoms with Gasteiger partial charge in [0.15, 0.2) is 0 Å². The van der Waals surface area contributed by atoms with Gasteiger partial charge in [0.1, 0.15) is 5.15 Å². The summed E-state index contributed by atoms with van der Waals surface area (Å²) in [7, 11) is 0. The van der Waals surface area contributed by atoms with Crippen LogP contribution in [0.15, 0.2) is 54.6 Å². The summed E-state index contributed by atoms with van der Waals surface area (Å²) in [6.07, 6.45) is 3.06. The van der Waals surface area contributed by atoms with Crippen molar-refractivity contribution in [1.29, 1.82) is 0 Å². The number of halogens is 2. The lowest BCUT2D eigenvalue weighted by atomic mass is 10.1. The number of hydrogen-bond donors (Lipinski definition) is 1. The number of aryl methyl sites for hydroxylation is 1. The molecule has 176 valence electrons. The van der Waals surface area contributed by atoms with E-state index in [0.29, 0.717) is 65.5 Å². The molecular formula is C25H24Cl2N4O3. The van der Waals surface area contributed by atoms with Crippen LogP contribution in [-0.4, -0.2) is 52.8 Å². The van der Waals surface area contributed by atoms with Crippen LogP contribution in [0.3, 0.4) is 0 Å². The number of benzene rings is 2. The van der Waals surface area contributed by atoms with Gasteiger partial charge in [0, 0.05) is 41.0 Å². The maximum atomic E-state index is 12.5. The molecule has 1 aliphatic heterocycles. The van der Waals surface area contributed by atoms with E-state index in [0.717, 1.165) is 5.56 Å². The van der Waals surface area contributed by atoms with Crippen molar-refractivity contribution in [2.24, 2.45) is 0 Å². The van der Waals surface area contributed by atoms with E-state index in [1.165, 1.54) is 6.08 Å². The van der Waals surface area contributed by atoms with Crippen molar-refractivity contribution in [2.45, 2.75) is 13.5 Å². The third-order valence-corrected chi connectivity index (χ3v) is 6.10. The Morgan fingerprint density at radius 1 is 1.06 bits per heavy atom. The second-order valence-corrected chi connectivity index (χ2v) is 8.67. The molecule has 0 spiro atoms. The highest BCUT2D eigenvalue weighted by Crippen LogP contribution is 2.23. The molecular weight excluding hydrogens is 475 g/mol. The summed E-state index contributed by atoms with van der Waals surface area (Å²) >= 11 is 12.5. The molecule has 1 fully saturated rings. The predicted molar refractivity (Wildman–Crippen MR) is 133 cm³/mol. The number of carbonyl (C=O) groups excluding carboxylic acids is 2. The number of hydrogen-bond acceptors (Lipinski definition) is 4. The fourth-order valence-corrected chi connectivity index (χ4v) is 4.04. The molecule has 2 amide bonds. The summed E-state index contributed by atoms with van der Waals surface area (Å²) in [6.45, 7) is 4.60. The average molecular weight is 499 g/mol. The summed E-state index contributed by atoms with van der Waals surface area (Å²) in [4.78, 5) is 26.7. The molecule has 1 saturated heterocycles.